The second kappa shape index (κ2) is 4.47. The van der Waals surface area contributed by atoms with Crippen molar-refractivity contribution in [3.8, 4) is 0 Å². The van der Waals surface area contributed by atoms with Gasteiger partial charge in [0, 0.05) is 32.7 Å². The molecule has 1 amide bonds. The van der Waals surface area contributed by atoms with Gasteiger partial charge in [-0.3, -0.25) is 4.79 Å². The van der Waals surface area contributed by atoms with Crippen molar-refractivity contribution >= 4 is 5.91 Å². The van der Waals surface area contributed by atoms with Gasteiger partial charge in [-0.05, 0) is 13.5 Å². The van der Waals surface area contributed by atoms with Crippen molar-refractivity contribution in [2.45, 2.75) is 18.6 Å². The molecule has 0 radical (unpaired) electrons. The molecule has 0 aromatic heterocycles. The summed E-state index contributed by atoms with van der Waals surface area (Å²) < 4.78 is 0. The minimum Gasteiger partial charge on any atom is -0.392 e. The smallest absolute Gasteiger partial charge is 0.239 e. The number of aliphatic hydroxyl groups excluding tert-OH is 1. The maximum Gasteiger partial charge on any atom is 0.239 e. The molecule has 5 nitrogen and oxygen atoms in total. The van der Waals surface area contributed by atoms with E-state index >= 15 is 0 Å². The largest absolute Gasteiger partial charge is 0.392 e. The lowest BCUT2D eigenvalue weighted by Crippen LogP contribution is -2.52. The van der Waals surface area contributed by atoms with Crippen LogP contribution in [-0.4, -0.2) is 72.7 Å². The lowest BCUT2D eigenvalue weighted by molar-refractivity contribution is -0.134. The fourth-order valence-corrected chi connectivity index (χ4v) is 2.15. The molecular formula is C10H19N3O2. The molecule has 0 bridgehead atoms. The van der Waals surface area contributed by atoms with Crippen molar-refractivity contribution in [2.75, 3.05) is 39.8 Å². The fourth-order valence-electron chi connectivity index (χ4n) is 2.15. The van der Waals surface area contributed by atoms with Crippen LogP contribution in [0.5, 0.6) is 0 Å². The Kier molecular flexibility index (Phi) is 3.23. The molecule has 0 unspecified atom stereocenters. The first kappa shape index (κ1) is 10.9. The van der Waals surface area contributed by atoms with Gasteiger partial charge >= 0.3 is 0 Å². The Morgan fingerprint density at radius 2 is 2.00 bits per heavy atom. The molecular weight excluding hydrogens is 194 g/mol. The number of β-amino-alcohol motifs (C(OH)–C–C–N with tert-alkyl or cyclic N) is 1. The van der Waals surface area contributed by atoms with Crippen LogP contribution in [0.4, 0.5) is 0 Å². The first-order valence-electron chi connectivity index (χ1n) is 5.55. The average Bonchev–Trinajstić information content (AvgIpc) is 2.65. The van der Waals surface area contributed by atoms with E-state index in [1.807, 2.05) is 4.90 Å². The van der Waals surface area contributed by atoms with Crippen molar-refractivity contribution in [3.63, 3.8) is 0 Å². The van der Waals surface area contributed by atoms with Crippen LogP contribution in [0.3, 0.4) is 0 Å². The number of rotatable bonds is 1. The predicted molar refractivity (Wildman–Crippen MR) is 56.5 cm³/mol. The summed E-state index contributed by atoms with van der Waals surface area (Å²) in [6, 6.07) is -0.164. The third-order valence-electron chi connectivity index (χ3n) is 3.22. The van der Waals surface area contributed by atoms with E-state index in [0.717, 1.165) is 26.2 Å². The van der Waals surface area contributed by atoms with E-state index in [1.165, 1.54) is 0 Å². The molecule has 0 aromatic carbocycles. The molecule has 2 heterocycles. The molecule has 2 N–H and O–H groups in total. The van der Waals surface area contributed by atoms with Gasteiger partial charge in [0.15, 0.2) is 0 Å². The Balaban J connectivity index is 1.85. The highest BCUT2D eigenvalue weighted by molar-refractivity contribution is 5.82. The molecule has 86 valence electrons. The van der Waals surface area contributed by atoms with Crippen molar-refractivity contribution in [3.05, 3.63) is 0 Å². The quantitative estimate of drug-likeness (QED) is 0.556. The zero-order valence-electron chi connectivity index (χ0n) is 9.15. The fraction of sp³-hybridized carbons (Fsp3) is 0.900. The zero-order chi connectivity index (χ0) is 10.8. The first-order chi connectivity index (χ1) is 7.16. The number of piperazine rings is 1. The van der Waals surface area contributed by atoms with Gasteiger partial charge in [0.1, 0.15) is 0 Å². The molecule has 5 heteroatoms. The van der Waals surface area contributed by atoms with Gasteiger partial charge in [-0.1, -0.05) is 0 Å². The monoisotopic (exact) mass is 213 g/mol. The van der Waals surface area contributed by atoms with Gasteiger partial charge in [-0.15, -0.1) is 0 Å². The Bertz CT molecular complexity index is 239. The number of likely N-dealkylation sites (N-methyl/N-ethyl adjacent to an activating group) is 1. The minimum absolute atomic E-state index is 0.152. The predicted octanol–water partition coefficient (Wildman–Crippen LogP) is -1.52. The highest BCUT2D eigenvalue weighted by Crippen LogP contribution is 2.11. The summed E-state index contributed by atoms with van der Waals surface area (Å²) in [6.07, 6.45) is 0.206. The SMILES string of the molecule is CN1CCN(C(=O)[C@H]2C[C@H](O)CN2)CC1. The summed E-state index contributed by atoms with van der Waals surface area (Å²) in [5.41, 5.74) is 0. The molecule has 2 aliphatic heterocycles. The van der Waals surface area contributed by atoms with E-state index in [0.29, 0.717) is 13.0 Å². The van der Waals surface area contributed by atoms with Crippen LogP contribution in [0.2, 0.25) is 0 Å². The van der Waals surface area contributed by atoms with Crippen LogP contribution in [0, 0.1) is 0 Å². The van der Waals surface area contributed by atoms with E-state index < -0.39 is 0 Å². The molecule has 2 saturated heterocycles. The minimum atomic E-state index is -0.355. The standard InChI is InChI=1S/C10H19N3O2/c1-12-2-4-13(5-3-12)10(15)9-6-8(14)7-11-9/h8-9,11,14H,2-7H2,1H3/t8-,9+/m0/s1. The second-order valence-electron chi connectivity index (χ2n) is 4.48. The van der Waals surface area contributed by atoms with Crippen LogP contribution in [0.1, 0.15) is 6.42 Å². The normalized spacial score (nSPS) is 33.3. The summed E-state index contributed by atoms with van der Waals surface area (Å²) in [7, 11) is 2.07. The van der Waals surface area contributed by atoms with Crippen LogP contribution >= 0.6 is 0 Å². The van der Waals surface area contributed by atoms with Crippen molar-refractivity contribution in [1.82, 2.24) is 15.1 Å². The number of hydrogen-bond donors (Lipinski definition) is 2. The Hall–Kier alpha value is -0.650. The molecule has 2 fully saturated rings. The van der Waals surface area contributed by atoms with E-state index in [-0.39, 0.29) is 18.1 Å². The van der Waals surface area contributed by atoms with Crippen molar-refractivity contribution < 1.29 is 9.90 Å². The summed E-state index contributed by atoms with van der Waals surface area (Å²) >= 11 is 0. The highest BCUT2D eigenvalue weighted by Gasteiger charge is 2.32. The van der Waals surface area contributed by atoms with E-state index in [2.05, 4.69) is 17.3 Å². The zero-order valence-corrected chi connectivity index (χ0v) is 9.15. The molecule has 2 rings (SSSR count). The third-order valence-corrected chi connectivity index (χ3v) is 3.22. The number of hydrogen-bond acceptors (Lipinski definition) is 4. The van der Waals surface area contributed by atoms with E-state index in [1.54, 1.807) is 0 Å². The number of nitrogens with one attached hydrogen (secondary N) is 1. The number of amides is 1. The van der Waals surface area contributed by atoms with Crippen LogP contribution in [0.25, 0.3) is 0 Å². The highest BCUT2D eigenvalue weighted by atomic mass is 16.3. The molecule has 2 atom stereocenters. The van der Waals surface area contributed by atoms with Gasteiger partial charge in [0.2, 0.25) is 5.91 Å². The molecule has 0 aliphatic carbocycles. The number of carbonyl (C=O) groups excluding carboxylic acids is 1. The van der Waals surface area contributed by atoms with Crippen LogP contribution < -0.4 is 5.32 Å². The third kappa shape index (κ3) is 2.48. The van der Waals surface area contributed by atoms with Gasteiger partial charge in [-0.2, -0.15) is 0 Å². The summed E-state index contributed by atoms with van der Waals surface area (Å²) in [4.78, 5) is 16.1. The maximum absolute atomic E-state index is 12.0. The van der Waals surface area contributed by atoms with Crippen molar-refractivity contribution in [1.29, 1.82) is 0 Å². The van der Waals surface area contributed by atoms with Gasteiger partial charge < -0.3 is 20.2 Å². The number of nitrogens with zero attached hydrogens (tertiary/aromatic N) is 2. The van der Waals surface area contributed by atoms with Gasteiger partial charge in [0.25, 0.3) is 0 Å². The van der Waals surface area contributed by atoms with Crippen LogP contribution in [0.15, 0.2) is 0 Å². The summed E-state index contributed by atoms with van der Waals surface area (Å²) in [5.74, 6) is 0.152. The lowest BCUT2D eigenvalue weighted by Gasteiger charge is -2.33. The molecule has 0 saturated carbocycles. The van der Waals surface area contributed by atoms with E-state index in [4.69, 9.17) is 0 Å². The molecule has 2 aliphatic rings. The van der Waals surface area contributed by atoms with Crippen molar-refractivity contribution in [2.24, 2.45) is 0 Å². The second-order valence-corrected chi connectivity index (χ2v) is 4.48. The Morgan fingerprint density at radius 1 is 1.33 bits per heavy atom. The maximum atomic E-state index is 12.0. The lowest BCUT2D eigenvalue weighted by atomic mass is 10.1. The Labute approximate surface area is 90.0 Å². The number of aliphatic hydroxyl groups is 1. The first-order valence-corrected chi connectivity index (χ1v) is 5.55. The van der Waals surface area contributed by atoms with Gasteiger partial charge in [0.05, 0.1) is 12.1 Å². The topological polar surface area (TPSA) is 55.8 Å². The summed E-state index contributed by atoms with van der Waals surface area (Å²) in [5, 5.41) is 12.4. The van der Waals surface area contributed by atoms with Gasteiger partial charge in [-0.25, -0.2) is 0 Å². The van der Waals surface area contributed by atoms with E-state index in [9.17, 15) is 9.90 Å². The summed E-state index contributed by atoms with van der Waals surface area (Å²) in [6.45, 7) is 4.05. The Morgan fingerprint density at radius 3 is 2.53 bits per heavy atom. The number of carbonyl (C=O) groups is 1. The molecule has 0 aromatic rings. The molecule has 0 spiro atoms. The molecule has 15 heavy (non-hydrogen) atoms. The average molecular weight is 213 g/mol. The van der Waals surface area contributed by atoms with Crippen LogP contribution in [-0.2, 0) is 4.79 Å².